The van der Waals surface area contributed by atoms with Crippen molar-refractivity contribution in [3.63, 3.8) is 0 Å². The van der Waals surface area contributed by atoms with Crippen molar-refractivity contribution in [1.29, 1.82) is 0 Å². The van der Waals surface area contributed by atoms with Gasteiger partial charge in [0.05, 0.1) is 6.61 Å². The maximum atomic E-state index is 13.5. The molecule has 0 unspecified atom stereocenters. The summed E-state index contributed by atoms with van der Waals surface area (Å²) in [6.07, 6.45) is -1.04. The van der Waals surface area contributed by atoms with E-state index in [1.54, 1.807) is 10.9 Å². The first-order chi connectivity index (χ1) is 9.85. The van der Waals surface area contributed by atoms with Crippen LogP contribution in [-0.4, -0.2) is 25.2 Å². The number of rotatable bonds is 4. The Morgan fingerprint density at radius 1 is 1.19 bits per heavy atom. The van der Waals surface area contributed by atoms with E-state index < -0.39 is 41.6 Å². The van der Waals surface area contributed by atoms with E-state index in [9.17, 15) is 27.2 Å². The minimum atomic E-state index is -3.27. The lowest BCUT2D eigenvalue weighted by molar-refractivity contribution is -0.0501. The van der Waals surface area contributed by atoms with Crippen LogP contribution in [0.25, 0.3) is 0 Å². The average molecular weight is 310 g/mol. The first kappa shape index (κ1) is 16.5. The number of alkyl halides is 2. The van der Waals surface area contributed by atoms with Gasteiger partial charge < -0.3 is 9.47 Å². The SMILES string of the molecule is CCOC(=O)NNC(=O)c1c(F)cc(OC(F)F)cc1F. The van der Waals surface area contributed by atoms with E-state index in [1.807, 2.05) is 0 Å². The average Bonchev–Trinajstić information content (AvgIpc) is 2.35. The molecule has 0 radical (unpaired) electrons. The van der Waals surface area contributed by atoms with Gasteiger partial charge in [0.25, 0.3) is 5.91 Å². The minimum Gasteiger partial charge on any atom is -0.449 e. The Morgan fingerprint density at radius 2 is 1.76 bits per heavy atom. The number of nitrogens with one attached hydrogen (secondary N) is 2. The highest BCUT2D eigenvalue weighted by atomic mass is 19.3. The Bertz CT molecular complexity index is 516. The number of carbonyl (C=O) groups excluding carboxylic acids is 2. The van der Waals surface area contributed by atoms with Crippen molar-refractivity contribution >= 4 is 12.0 Å². The maximum absolute atomic E-state index is 13.5. The van der Waals surface area contributed by atoms with Gasteiger partial charge in [0.15, 0.2) is 0 Å². The molecule has 0 spiro atoms. The summed E-state index contributed by atoms with van der Waals surface area (Å²) in [5, 5.41) is 0. The van der Waals surface area contributed by atoms with Crippen LogP contribution in [0.3, 0.4) is 0 Å². The summed E-state index contributed by atoms with van der Waals surface area (Å²) in [5.41, 5.74) is 2.36. The van der Waals surface area contributed by atoms with Crippen LogP contribution in [-0.2, 0) is 4.74 Å². The zero-order valence-electron chi connectivity index (χ0n) is 10.6. The number of hydrogen-bond donors (Lipinski definition) is 2. The molecule has 0 saturated heterocycles. The highest BCUT2D eigenvalue weighted by molar-refractivity contribution is 5.95. The van der Waals surface area contributed by atoms with Crippen LogP contribution in [0, 0.1) is 11.6 Å². The lowest BCUT2D eigenvalue weighted by atomic mass is 10.2. The Morgan fingerprint density at radius 3 is 2.24 bits per heavy atom. The van der Waals surface area contributed by atoms with Crippen LogP contribution in [0.5, 0.6) is 5.75 Å². The van der Waals surface area contributed by atoms with E-state index in [1.165, 1.54) is 6.92 Å². The number of hydrazine groups is 1. The van der Waals surface area contributed by atoms with Crippen LogP contribution >= 0.6 is 0 Å². The van der Waals surface area contributed by atoms with Crippen LogP contribution in [0.2, 0.25) is 0 Å². The van der Waals surface area contributed by atoms with Gasteiger partial charge in [0, 0.05) is 12.1 Å². The summed E-state index contributed by atoms with van der Waals surface area (Å²) in [6.45, 7) is -1.75. The highest BCUT2D eigenvalue weighted by Gasteiger charge is 2.20. The van der Waals surface area contributed by atoms with Crippen LogP contribution < -0.4 is 15.6 Å². The number of amides is 2. The van der Waals surface area contributed by atoms with E-state index in [0.29, 0.717) is 12.1 Å². The Kier molecular flexibility index (Phi) is 5.76. The van der Waals surface area contributed by atoms with E-state index in [0.717, 1.165) is 0 Å². The molecule has 116 valence electrons. The van der Waals surface area contributed by atoms with Gasteiger partial charge in [-0.3, -0.25) is 10.2 Å². The van der Waals surface area contributed by atoms with E-state index >= 15 is 0 Å². The largest absolute Gasteiger partial charge is 0.449 e. The Labute approximate surface area is 116 Å². The first-order valence-corrected chi connectivity index (χ1v) is 5.52. The molecule has 0 aliphatic heterocycles. The lowest BCUT2D eigenvalue weighted by Crippen LogP contribution is -2.42. The monoisotopic (exact) mass is 310 g/mol. The van der Waals surface area contributed by atoms with Crippen molar-refractivity contribution in [1.82, 2.24) is 10.9 Å². The summed E-state index contributed by atoms with van der Waals surface area (Å²) in [6, 6.07) is 0.822. The smallest absolute Gasteiger partial charge is 0.426 e. The summed E-state index contributed by atoms with van der Waals surface area (Å²) in [7, 11) is 0. The summed E-state index contributed by atoms with van der Waals surface area (Å²) in [5.74, 6) is -4.99. The number of hydrogen-bond acceptors (Lipinski definition) is 4. The summed E-state index contributed by atoms with van der Waals surface area (Å²) >= 11 is 0. The minimum absolute atomic E-state index is 0.0179. The molecule has 2 amide bonds. The highest BCUT2D eigenvalue weighted by Crippen LogP contribution is 2.22. The van der Waals surface area contributed by atoms with Crippen molar-refractivity contribution in [2.24, 2.45) is 0 Å². The quantitative estimate of drug-likeness (QED) is 0.658. The molecule has 0 aromatic heterocycles. The molecule has 0 bridgehead atoms. The van der Waals surface area contributed by atoms with E-state index in [4.69, 9.17) is 0 Å². The van der Waals surface area contributed by atoms with Crippen LogP contribution in [0.1, 0.15) is 17.3 Å². The van der Waals surface area contributed by atoms with Crippen molar-refractivity contribution in [3.05, 3.63) is 29.3 Å². The van der Waals surface area contributed by atoms with Gasteiger partial charge in [-0.1, -0.05) is 0 Å². The maximum Gasteiger partial charge on any atom is 0.426 e. The fourth-order valence-electron chi connectivity index (χ4n) is 1.28. The normalized spacial score (nSPS) is 10.2. The number of benzene rings is 1. The molecule has 21 heavy (non-hydrogen) atoms. The van der Waals surface area contributed by atoms with E-state index in [2.05, 4.69) is 9.47 Å². The van der Waals surface area contributed by atoms with Crippen molar-refractivity contribution < 1.29 is 36.6 Å². The van der Waals surface area contributed by atoms with E-state index in [-0.39, 0.29) is 6.61 Å². The standard InChI is InChI=1S/C11H10F4N2O4/c1-2-20-11(19)17-16-9(18)8-6(12)3-5(4-7(8)13)21-10(14)15/h3-4,10H,2H2,1H3,(H,16,18)(H,17,19). The summed E-state index contributed by atoms with van der Waals surface area (Å²) < 4.78 is 59.1. The molecule has 0 aliphatic carbocycles. The molecule has 0 heterocycles. The predicted octanol–water partition coefficient (Wildman–Crippen LogP) is 1.96. The number of carbonyl (C=O) groups is 2. The zero-order chi connectivity index (χ0) is 16.0. The first-order valence-electron chi connectivity index (χ1n) is 5.52. The third-order valence-electron chi connectivity index (χ3n) is 2.02. The fourth-order valence-corrected chi connectivity index (χ4v) is 1.28. The Hall–Kier alpha value is -2.52. The molecule has 10 heteroatoms. The molecule has 0 aliphatic rings. The third kappa shape index (κ3) is 4.82. The number of halogens is 4. The van der Waals surface area contributed by atoms with Gasteiger partial charge in [0.2, 0.25) is 0 Å². The van der Waals surface area contributed by atoms with Gasteiger partial charge in [-0.15, -0.1) is 0 Å². The topological polar surface area (TPSA) is 76.7 Å². The molecule has 2 N–H and O–H groups in total. The van der Waals surface area contributed by atoms with Gasteiger partial charge in [-0.25, -0.2) is 19.0 Å². The van der Waals surface area contributed by atoms with Gasteiger partial charge >= 0.3 is 12.7 Å². The van der Waals surface area contributed by atoms with Gasteiger partial charge in [-0.05, 0) is 6.92 Å². The molecule has 0 atom stereocenters. The molecular formula is C11H10F4N2O4. The predicted molar refractivity (Wildman–Crippen MR) is 60.6 cm³/mol. The molecule has 1 aromatic carbocycles. The second-order valence-corrected chi connectivity index (χ2v) is 3.44. The number of ether oxygens (including phenoxy) is 2. The molecule has 1 rings (SSSR count). The molecule has 0 saturated carbocycles. The van der Waals surface area contributed by atoms with Crippen molar-refractivity contribution in [3.8, 4) is 5.75 Å². The van der Waals surface area contributed by atoms with Crippen LogP contribution in [0.15, 0.2) is 12.1 Å². The van der Waals surface area contributed by atoms with Crippen molar-refractivity contribution in [2.45, 2.75) is 13.5 Å². The molecular weight excluding hydrogens is 300 g/mol. The van der Waals surface area contributed by atoms with Crippen LogP contribution in [0.4, 0.5) is 22.4 Å². The zero-order valence-corrected chi connectivity index (χ0v) is 10.6. The Balaban J connectivity index is 2.83. The fraction of sp³-hybridized carbons (Fsp3) is 0.273. The third-order valence-corrected chi connectivity index (χ3v) is 2.02. The second-order valence-electron chi connectivity index (χ2n) is 3.44. The molecule has 1 aromatic rings. The molecule has 6 nitrogen and oxygen atoms in total. The second kappa shape index (κ2) is 7.31. The van der Waals surface area contributed by atoms with Gasteiger partial charge in [-0.2, -0.15) is 8.78 Å². The van der Waals surface area contributed by atoms with Crippen molar-refractivity contribution in [2.75, 3.05) is 6.61 Å². The molecule has 0 fully saturated rings. The summed E-state index contributed by atoms with van der Waals surface area (Å²) in [4.78, 5) is 22.4. The lowest BCUT2D eigenvalue weighted by Gasteiger charge is -2.10. The van der Waals surface area contributed by atoms with Gasteiger partial charge in [0.1, 0.15) is 22.9 Å².